The SMILES string of the molecule is O=S(=O)(c1ccc(F)cc1F)N1CCC(CNc2cc(-c3ccccc3Cl)nc3c(Br)cnn23)CC1. The van der Waals surface area contributed by atoms with Crippen LogP contribution in [0, 0.1) is 17.6 Å². The van der Waals surface area contributed by atoms with Crippen molar-refractivity contribution in [1.82, 2.24) is 18.9 Å². The van der Waals surface area contributed by atoms with E-state index < -0.39 is 26.6 Å². The topological polar surface area (TPSA) is 79.6 Å². The molecule has 0 amide bonds. The van der Waals surface area contributed by atoms with Crippen LogP contribution in [0.5, 0.6) is 0 Å². The second kappa shape index (κ2) is 10.0. The molecule has 0 atom stereocenters. The quantitative estimate of drug-likeness (QED) is 0.313. The van der Waals surface area contributed by atoms with Gasteiger partial charge in [-0.1, -0.05) is 29.8 Å². The van der Waals surface area contributed by atoms with Crippen LogP contribution in [0.4, 0.5) is 14.6 Å². The van der Waals surface area contributed by atoms with Crippen LogP contribution in [0.15, 0.2) is 64.1 Å². The Hall–Kier alpha value is -2.60. The van der Waals surface area contributed by atoms with Gasteiger partial charge in [0.05, 0.1) is 16.4 Å². The monoisotopic (exact) mass is 595 g/mol. The lowest BCUT2D eigenvalue weighted by atomic mass is 9.98. The minimum atomic E-state index is -4.04. The lowest BCUT2D eigenvalue weighted by Crippen LogP contribution is -2.40. The van der Waals surface area contributed by atoms with Crippen LogP contribution in [0.25, 0.3) is 16.9 Å². The highest BCUT2D eigenvalue weighted by atomic mass is 79.9. The summed E-state index contributed by atoms with van der Waals surface area (Å²) in [6.45, 7) is 1.07. The fraction of sp³-hybridized carbons (Fsp3) is 0.250. The van der Waals surface area contributed by atoms with Gasteiger partial charge < -0.3 is 5.32 Å². The Morgan fingerprint density at radius 1 is 1.11 bits per heavy atom. The number of nitrogens with one attached hydrogen (secondary N) is 1. The van der Waals surface area contributed by atoms with E-state index in [0.29, 0.717) is 41.8 Å². The van der Waals surface area contributed by atoms with Crippen molar-refractivity contribution in [1.29, 1.82) is 0 Å². The van der Waals surface area contributed by atoms with E-state index in [2.05, 4.69) is 26.3 Å². The number of aromatic nitrogens is 3. The Balaban J connectivity index is 1.30. The molecule has 188 valence electrons. The van der Waals surface area contributed by atoms with E-state index in [9.17, 15) is 17.2 Å². The predicted molar refractivity (Wildman–Crippen MR) is 137 cm³/mol. The highest BCUT2D eigenvalue weighted by Crippen LogP contribution is 2.31. The maximum atomic E-state index is 14.1. The number of hydrogen-bond donors (Lipinski definition) is 1. The molecule has 5 rings (SSSR count). The number of anilines is 1. The zero-order valence-corrected chi connectivity index (χ0v) is 22.0. The lowest BCUT2D eigenvalue weighted by molar-refractivity contribution is 0.281. The Kier molecular flexibility index (Phi) is 6.99. The zero-order chi connectivity index (χ0) is 25.4. The minimum absolute atomic E-state index is 0.181. The van der Waals surface area contributed by atoms with Crippen LogP contribution in [-0.2, 0) is 10.0 Å². The molecule has 12 heteroatoms. The molecule has 7 nitrogen and oxygen atoms in total. The van der Waals surface area contributed by atoms with Crippen LogP contribution in [0.2, 0.25) is 5.02 Å². The van der Waals surface area contributed by atoms with Crippen LogP contribution >= 0.6 is 27.5 Å². The van der Waals surface area contributed by atoms with E-state index in [0.717, 1.165) is 28.0 Å². The second-order valence-corrected chi connectivity index (χ2v) is 11.7. The van der Waals surface area contributed by atoms with Crippen molar-refractivity contribution in [2.45, 2.75) is 17.7 Å². The van der Waals surface area contributed by atoms with Gasteiger partial charge in [0, 0.05) is 42.4 Å². The van der Waals surface area contributed by atoms with E-state index in [1.54, 1.807) is 16.8 Å². The highest BCUT2D eigenvalue weighted by Gasteiger charge is 2.31. The Labute approximate surface area is 220 Å². The van der Waals surface area contributed by atoms with Crippen LogP contribution in [0.1, 0.15) is 12.8 Å². The van der Waals surface area contributed by atoms with Crippen molar-refractivity contribution < 1.29 is 17.2 Å². The molecule has 0 spiro atoms. The van der Waals surface area contributed by atoms with E-state index in [4.69, 9.17) is 16.6 Å². The van der Waals surface area contributed by atoms with Gasteiger partial charge in [-0.15, -0.1) is 0 Å². The van der Waals surface area contributed by atoms with Crippen molar-refractivity contribution in [3.63, 3.8) is 0 Å². The third-order valence-corrected chi connectivity index (χ3v) is 9.06. The van der Waals surface area contributed by atoms with Crippen molar-refractivity contribution in [3.05, 3.63) is 75.9 Å². The third kappa shape index (κ3) is 4.84. The number of benzene rings is 2. The molecule has 2 aromatic heterocycles. The number of nitrogens with zero attached hydrogens (tertiary/aromatic N) is 4. The molecule has 1 aliphatic heterocycles. The first-order valence-corrected chi connectivity index (χ1v) is 13.8. The molecule has 4 aromatic rings. The first kappa shape index (κ1) is 25.1. The fourth-order valence-corrected chi connectivity index (χ4v) is 6.39. The second-order valence-electron chi connectivity index (χ2n) is 8.54. The van der Waals surface area contributed by atoms with Crippen LogP contribution in [-0.4, -0.2) is 47.0 Å². The number of hydrogen-bond acceptors (Lipinski definition) is 5. The van der Waals surface area contributed by atoms with E-state index in [1.807, 2.05) is 24.3 Å². The van der Waals surface area contributed by atoms with Crippen molar-refractivity contribution in [3.8, 4) is 11.3 Å². The molecule has 0 radical (unpaired) electrons. The number of sulfonamides is 1. The number of fused-ring (bicyclic) bond motifs is 1. The molecule has 1 N–H and O–H groups in total. The lowest BCUT2D eigenvalue weighted by Gasteiger charge is -2.31. The van der Waals surface area contributed by atoms with Crippen molar-refractivity contribution in [2.75, 3.05) is 25.0 Å². The zero-order valence-electron chi connectivity index (χ0n) is 18.8. The molecule has 0 saturated carbocycles. The fourth-order valence-electron chi connectivity index (χ4n) is 4.30. The molecule has 0 bridgehead atoms. The molecule has 1 fully saturated rings. The van der Waals surface area contributed by atoms with E-state index in [-0.39, 0.29) is 19.0 Å². The summed E-state index contributed by atoms with van der Waals surface area (Å²) in [5.41, 5.74) is 2.13. The van der Waals surface area contributed by atoms with E-state index >= 15 is 0 Å². The number of piperidine rings is 1. The molecule has 36 heavy (non-hydrogen) atoms. The summed E-state index contributed by atoms with van der Waals surface area (Å²) in [6, 6.07) is 11.8. The highest BCUT2D eigenvalue weighted by molar-refractivity contribution is 9.10. The molecular weight excluding hydrogens is 576 g/mol. The summed E-state index contributed by atoms with van der Waals surface area (Å²) in [7, 11) is -4.04. The Morgan fingerprint density at radius 2 is 1.86 bits per heavy atom. The van der Waals surface area contributed by atoms with Gasteiger partial charge in [0.15, 0.2) is 5.65 Å². The Morgan fingerprint density at radius 3 is 2.58 bits per heavy atom. The number of rotatable bonds is 6. The van der Waals surface area contributed by atoms with Gasteiger partial charge in [0.1, 0.15) is 22.3 Å². The molecule has 2 aromatic carbocycles. The molecule has 1 saturated heterocycles. The Bertz CT molecular complexity index is 1540. The minimum Gasteiger partial charge on any atom is -0.370 e. The van der Waals surface area contributed by atoms with Gasteiger partial charge in [-0.05, 0) is 52.9 Å². The standard InChI is InChI=1S/C24H21BrClF2N5O2S/c25-18-14-30-33-23(12-21(31-24(18)33)17-3-1-2-4-19(17)26)29-13-15-7-9-32(10-8-15)36(34,35)22-6-5-16(27)11-20(22)28/h1-6,11-12,14-15,29H,7-10,13H2. The summed E-state index contributed by atoms with van der Waals surface area (Å²) < 4.78 is 56.8. The summed E-state index contributed by atoms with van der Waals surface area (Å²) in [5.74, 6) is -0.992. The van der Waals surface area contributed by atoms with Crippen LogP contribution in [0.3, 0.4) is 0 Å². The van der Waals surface area contributed by atoms with Crippen molar-refractivity contribution in [2.24, 2.45) is 5.92 Å². The van der Waals surface area contributed by atoms with Crippen LogP contribution < -0.4 is 5.32 Å². The average molecular weight is 597 g/mol. The largest absolute Gasteiger partial charge is 0.370 e. The van der Waals surface area contributed by atoms with Gasteiger partial charge >= 0.3 is 0 Å². The van der Waals surface area contributed by atoms with Gasteiger partial charge in [-0.2, -0.15) is 13.9 Å². The third-order valence-electron chi connectivity index (χ3n) is 6.24. The average Bonchev–Trinajstić information content (AvgIpc) is 3.23. The van der Waals surface area contributed by atoms with Gasteiger partial charge in [0.25, 0.3) is 0 Å². The predicted octanol–water partition coefficient (Wildman–Crippen LogP) is 5.60. The summed E-state index contributed by atoms with van der Waals surface area (Å²) in [4.78, 5) is 4.20. The first-order chi connectivity index (χ1) is 17.2. The first-order valence-electron chi connectivity index (χ1n) is 11.2. The normalized spacial score (nSPS) is 15.4. The molecule has 1 aliphatic rings. The summed E-state index contributed by atoms with van der Waals surface area (Å²) >= 11 is 9.89. The maximum Gasteiger partial charge on any atom is 0.245 e. The summed E-state index contributed by atoms with van der Waals surface area (Å²) in [6.07, 6.45) is 2.84. The van der Waals surface area contributed by atoms with E-state index in [1.165, 1.54) is 4.31 Å². The maximum absolute atomic E-state index is 14.1. The smallest absolute Gasteiger partial charge is 0.245 e. The molecule has 0 aliphatic carbocycles. The molecular formula is C24H21BrClF2N5O2S. The molecule has 0 unspecified atom stereocenters. The summed E-state index contributed by atoms with van der Waals surface area (Å²) in [5, 5.41) is 8.41. The van der Waals surface area contributed by atoms with Gasteiger partial charge in [-0.25, -0.2) is 22.2 Å². The van der Waals surface area contributed by atoms with Crippen molar-refractivity contribution >= 4 is 49.0 Å². The van der Waals surface area contributed by atoms with Gasteiger partial charge in [-0.3, -0.25) is 0 Å². The molecule has 3 heterocycles. The van der Waals surface area contributed by atoms with Gasteiger partial charge in [0.2, 0.25) is 10.0 Å². The number of halogens is 4.